The molecule has 0 saturated carbocycles. The predicted molar refractivity (Wildman–Crippen MR) is 69.2 cm³/mol. The molecular formula is C13H16BrNO2. The standard InChI is InChI=1S/C13H16BrNO2/c14-9-3-4-10-12(7-9)17-8-11(13(10)16)15-5-1-2-6-15/h3-4,7,11,13,16H,1-2,5-6,8H2. The summed E-state index contributed by atoms with van der Waals surface area (Å²) in [6.07, 6.45) is 2.04. The number of aliphatic hydroxyl groups is 1. The fraction of sp³-hybridized carbons (Fsp3) is 0.538. The second kappa shape index (κ2) is 4.59. The molecule has 0 aliphatic carbocycles. The van der Waals surface area contributed by atoms with Crippen LogP contribution in [0.5, 0.6) is 5.75 Å². The zero-order chi connectivity index (χ0) is 11.8. The molecule has 0 bridgehead atoms. The molecule has 2 atom stereocenters. The minimum atomic E-state index is -0.426. The highest BCUT2D eigenvalue weighted by Gasteiger charge is 2.34. The minimum absolute atomic E-state index is 0.117. The highest BCUT2D eigenvalue weighted by molar-refractivity contribution is 9.10. The molecule has 3 nitrogen and oxygen atoms in total. The monoisotopic (exact) mass is 297 g/mol. The Labute approximate surface area is 110 Å². The van der Waals surface area contributed by atoms with Crippen LogP contribution in [0.15, 0.2) is 22.7 Å². The first-order valence-corrected chi connectivity index (χ1v) is 6.89. The van der Waals surface area contributed by atoms with Crippen LogP contribution >= 0.6 is 15.9 Å². The Morgan fingerprint density at radius 1 is 1.29 bits per heavy atom. The molecule has 1 N–H and O–H groups in total. The molecule has 0 amide bonds. The van der Waals surface area contributed by atoms with Gasteiger partial charge in [0.25, 0.3) is 0 Å². The van der Waals surface area contributed by atoms with Gasteiger partial charge >= 0.3 is 0 Å². The number of ether oxygens (including phenoxy) is 1. The molecular weight excluding hydrogens is 282 g/mol. The molecule has 2 aliphatic rings. The lowest BCUT2D eigenvalue weighted by atomic mass is 9.98. The van der Waals surface area contributed by atoms with Crippen molar-refractivity contribution in [1.29, 1.82) is 0 Å². The van der Waals surface area contributed by atoms with Crippen LogP contribution in [0.3, 0.4) is 0 Å². The fourth-order valence-corrected chi connectivity index (χ4v) is 3.07. The molecule has 1 aromatic carbocycles. The number of rotatable bonds is 1. The smallest absolute Gasteiger partial charge is 0.126 e. The van der Waals surface area contributed by atoms with Crippen molar-refractivity contribution in [1.82, 2.24) is 4.90 Å². The third-order valence-electron chi connectivity index (χ3n) is 3.68. The molecule has 3 rings (SSSR count). The van der Waals surface area contributed by atoms with E-state index in [1.54, 1.807) is 0 Å². The zero-order valence-electron chi connectivity index (χ0n) is 9.60. The van der Waals surface area contributed by atoms with E-state index in [9.17, 15) is 5.11 Å². The van der Waals surface area contributed by atoms with Crippen LogP contribution in [-0.2, 0) is 0 Å². The number of benzene rings is 1. The quantitative estimate of drug-likeness (QED) is 0.864. The van der Waals surface area contributed by atoms with Crippen LogP contribution in [-0.4, -0.2) is 35.7 Å². The SMILES string of the molecule is OC1c2ccc(Br)cc2OCC1N1CCCC1. The van der Waals surface area contributed by atoms with Crippen LogP contribution in [0.25, 0.3) is 0 Å². The minimum Gasteiger partial charge on any atom is -0.491 e. The highest BCUT2D eigenvalue weighted by Crippen LogP contribution is 2.36. The van der Waals surface area contributed by atoms with Gasteiger partial charge in [0.05, 0.1) is 6.04 Å². The van der Waals surface area contributed by atoms with Crippen molar-refractivity contribution >= 4 is 15.9 Å². The second-order valence-corrected chi connectivity index (χ2v) is 5.66. The third-order valence-corrected chi connectivity index (χ3v) is 4.17. The van der Waals surface area contributed by atoms with Crippen molar-refractivity contribution in [3.05, 3.63) is 28.2 Å². The molecule has 2 aliphatic heterocycles. The summed E-state index contributed by atoms with van der Waals surface area (Å²) < 4.78 is 6.76. The lowest BCUT2D eigenvalue weighted by Gasteiger charge is -2.36. The van der Waals surface area contributed by atoms with Crippen LogP contribution in [0.4, 0.5) is 0 Å². The van der Waals surface area contributed by atoms with Crippen molar-refractivity contribution < 1.29 is 9.84 Å². The van der Waals surface area contributed by atoms with Gasteiger partial charge in [-0.2, -0.15) is 0 Å². The van der Waals surface area contributed by atoms with E-state index in [0.29, 0.717) is 6.61 Å². The van der Waals surface area contributed by atoms with E-state index in [-0.39, 0.29) is 6.04 Å². The van der Waals surface area contributed by atoms with Crippen LogP contribution in [0.1, 0.15) is 24.5 Å². The summed E-state index contributed by atoms with van der Waals surface area (Å²) in [7, 11) is 0. The molecule has 4 heteroatoms. The average molecular weight is 298 g/mol. The summed E-state index contributed by atoms with van der Waals surface area (Å²) >= 11 is 3.42. The summed E-state index contributed by atoms with van der Waals surface area (Å²) in [6.45, 7) is 2.75. The number of fused-ring (bicyclic) bond motifs is 1. The van der Waals surface area contributed by atoms with Gasteiger partial charge < -0.3 is 9.84 Å². The van der Waals surface area contributed by atoms with Crippen molar-refractivity contribution in [3.8, 4) is 5.75 Å². The van der Waals surface area contributed by atoms with E-state index < -0.39 is 6.10 Å². The van der Waals surface area contributed by atoms with Gasteiger partial charge in [-0.15, -0.1) is 0 Å². The van der Waals surface area contributed by atoms with E-state index in [1.807, 2.05) is 18.2 Å². The highest BCUT2D eigenvalue weighted by atomic mass is 79.9. The summed E-state index contributed by atoms with van der Waals surface area (Å²) in [6, 6.07) is 5.95. The molecule has 1 fully saturated rings. The second-order valence-electron chi connectivity index (χ2n) is 4.75. The third kappa shape index (κ3) is 2.09. The molecule has 2 heterocycles. The van der Waals surface area contributed by atoms with Crippen LogP contribution < -0.4 is 4.74 Å². The van der Waals surface area contributed by atoms with E-state index in [0.717, 1.165) is 28.9 Å². The molecule has 0 spiro atoms. The van der Waals surface area contributed by atoms with Crippen molar-refractivity contribution in [2.75, 3.05) is 19.7 Å². The largest absolute Gasteiger partial charge is 0.491 e. The Kier molecular flexibility index (Phi) is 3.11. The van der Waals surface area contributed by atoms with Gasteiger partial charge in [0, 0.05) is 10.0 Å². The Morgan fingerprint density at radius 2 is 2.06 bits per heavy atom. The Morgan fingerprint density at radius 3 is 2.82 bits per heavy atom. The fourth-order valence-electron chi connectivity index (χ4n) is 2.73. The number of hydrogen-bond acceptors (Lipinski definition) is 3. The van der Waals surface area contributed by atoms with Gasteiger partial charge in [0.15, 0.2) is 0 Å². The van der Waals surface area contributed by atoms with E-state index in [2.05, 4.69) is 20.8 Å². The number of halogens is 1. The first kappa shape index (κ1) is 11.5. The molecule has 2 unspecified atom stereocenters. The van der Waals surface area contributed by atoms with E-state index >= 15 is 0 Å². The van der Waals surface area contributed by atoms with E-state index in [1.165, 1.54) is 12.8 Å². The van der Waals surface area contributed by atoms with E-state index in [4.69, 9.17) is 4.74 Å². The lowest BCUT2D eigenvalue weighted by molar-refractivity contribution is 0.0140. The first-order chi connectivity index (χ1) is 8.25. The maximum absolute atomic E-state index is 10.4. The van der Waals surface area contributed by atoms with Crippen molar-refractivity contribution in [2.45, 2.75) is 25.0 Å². The molecule has 17 heavy (non-hydrogen) atoms. The van der Waals surface area contributed by atoms with Crippen LogP contribution in [0, 0.1) is 0 Å². The maximum atomic E-state index is 10.4. The van der Waals surface area contributed by atoms with Crippen molar-refractivity contribution in [2.24, 2.45) is 0 Å². The Hall–Kier alpha value is -0.580. The van der Waals surface area contributed by atoms with Crippen LogP contribution in [0.2, 0.25) is 0 Å². The van der Waals surface area contributed by atoms with Gasteiger partial charge in [-0.3, -0.25) is 4.90 Å². The van der Waals surface area contributed by atoms with Gasteiger partial charge in [0.1, 0.15) is 18.5 Å². The average Bonchev–Trinajstić information content (AvgIpc) is 2.82. The van der Waals surface area contributed by atoms with Gasteiger partial charge in [-0.1, -0.05) is 22.0 Å². The molecule has 0 aromatic heterocycles. The van der Waals surface area contributed by atoms with Gasteiger partial charge in [0.2, 0.25) is 0 Å². The molecule has 1 saturated heterocycles. The predicted octanol–water partition coefficient (Wildman–Crippen LogP) is 2.34. The summed E-state index contributed by atoms with van der Waals surface area (Å²) in [4.78, 5) is 2.34. The molecule has 92 valence electrons. The topological polar surface area (TPSA) is 32.7 Å². The maximum Gasteiger partial charge on any atom is 0.126 e. The van der Waals surface area contributed by atoms with Gasteiger partial charge in [-0.05, 0) is 38.1 Å². The number of hydrogen-bond donors (Lipinski definition) is 1. The Balaban J connectivity index is 1.86. The first-order valence-electron chi connectivity index (χ1n) is 6.10. The zero-order valence-corrected chi connectivity index (χ0v) is 11.2. The molecule has 1 aromatic rings. The number of aliphatic hydroxyl groups excluding tert-OH is 1. The van der Waals surface area contributed by atoms with Crippen molar-refractivity contribution in [3.63, 3.8) is 0 Å². The summed E-state index contributed by atoms with van der Waals surface area (Å²) in [5, 5.41) is 10.4. The molecule has 0 radical (unpaired) electrons. The number of likely N-dealkylation sites (tertiary alicyclic amines) is 1. The summed E-state index contributed by atoms with van der Waals surface area (Å²) in [5.41, 5.74) is 0.913. The van der Waals surface area contributed by atoms with Gasteiger partial charge in [-0.25, -0.2) is 0 Å². The number of nitrogens with zero attached hydrogens (tertiary/aromatic N) is 1. The lowest BCUT2D eigenvalue weighted by Crippen LogP contribution is -2.44. The normalized spacial score (nSPS) is 28.8. The Bertz CT molecular complexity index is 418. The summed E-state index contributed by atoms with van der Waals surface area (Å²) in [5.74, 6) is 0.808.